The minimum atomic E-state index is -0.978. The molecular formula is C20H29N5O7. The molecule has 0 aromatic carbocycles. The molecule has 0 saturated carbocycles. The van der Waals surface area contributed by atoms with Gasteiger partial charge in [-0.3, -0.25) is 4.57 Å². The number of imide groups is 1. The number of carbonyl (C=O) groups excluding carboxylic acids is 2. The van der Waals surface area contributed by atoms with Gasteiger partial charge < -0.3 is 24.4 Å². The number of nitrogens with zero attached hydrogens (tertiary/aromatic N) is 5. The molecule has 2 N–H and O–H groups in total. The van der Waals surface area contributed by atoms with Crippen LogP contribution in [0.25, 0.3) is 11.2 Å². The highest BCUT2D eigenvalue weighted by Gasteiger charge is 2.38. The van der Waals surface area contributed by atoms with E-state index in [2.05, 4.69) is 15.0 Å². The van der Waals surface area contributed by atoms with Gasteiger partial charge in [0.1, 0.15) is 29.9 Å². The Labute approximate surface area is 185 Å². The summed E-state index contributed by atoms with van der Waals surface area (Å²) in [5.41, 5.74) is -1.36. The Bertz CT molecular complexity index is 966. The van der Waals surface area contributed by atoms with Crippen molar-refractivity contribution < 1.29 is 34.0 Å². The Hall–Kier alpha value is -2.83. The molecule has 0 bridgehead atoms. The molecule has 0 aliphatic carbocycles. The zero-order chi connectivity index (χ0) is 23.8. The molecule has 1 saturated heterocycles. The van der Waals surface area contributed by atoms with Gasteiger partial charge in [-0.05, 0) is 41.5 Å². The van der Waals surface area contributed by atoms with Crippen LogP contribution in [0.2, 0.25) is 0 Å². The first-order valence-corrected chi connectivity index (χ1v) is 10.2. The Morgan fingerprint density at radius 2 is 1.72 bits per heavy atom. The second-order valence-electron chi connectivity index (χ2n) is 9.43. The molecule has 12 heteroatoms. The summed E-state index contributed by atoms with van der Waals surface area (Å²) in [6, 6.07) is 0. The van der Waals surface area contributed by atoms with E-state index in [1.807, 2.05) is 0 Å². The summed E-state index contributed by atoms with van der Waals surface area (Å²) in [6.45, 7) is 9.68. The molecule has 2 aromatic rings. The van der Waals surface area contributed by atoms with Crippen LogP contribution in [0, 0.1) is 0 Å². The number of hydrogen-bond donors (Lipinski definition) is 2. The highest BCUT2D eigenvalue weighted by molar-refractivity contribution is 6.12. The summed E-state index contributed by atoms with van der Waals surface area (Å²) in [7, 11) is 0. The van der Waals surface area contributed by atoms with Gasteiger partial charge in [0.2, 0.25) is 0 Å². The zero-order valence-electron chi connectivity index (χ0n) is 19.0. The summed E-state index contributed by atoms with van der Waals surface area (Å²) >= 11 is 0. The number of hydrogen-bond acceptors (Lipinski definition) is 10. The van der Waals surface area contributed by atoms with Crippen molar-refractivity contribution in [1.29, 1.82) is 0 Å². The molecule has 0 spiro atoms. The van der Waals surface area contributed by atoms with Crippen LogP contribution in [0.5, 0.6) is 0 Å². The Kier molecular flexibility index (Phi) is 6.40. The van der Waals surface area contributed by atoms with E-state index in [4.69, 9.17) is 14.2 Å². The van der Waals surface area contributed by atoms with E-state index in [9.17, 15) is 19.8 Å². The lowest BCUT2D eigenvalue weighted by molar-refractivity contribution is -0.0432. The molecule has 2 amide bonds. The predicted octanol–water partition coefficient (Wildman–Crippen LogP) is 2.14. The smallest absolute Gasteiger partial charge is 0.425 e. The Morgan fingerprint density at radius 1 is 1.12 bits per heavy atom. The van der Waals surface area contributed by atoms with Crippen LogP contribution in [0.1, 0.15) is 54.2 Å². The highest BCUT2D eigenvalue weighted by atomic mass is 16.6. The van der Waals surface area contributed by atoms with E-state index >= 15 is 0 Å². The lowest BCUT2D eigenvalue weighted by Gasteiger charge is -2.28. The van der Waals surface area contributed by atoms with Crippen LogP contribution in [0.3, 0.4) is 0 Å². The first-order chi connectivity index (χ1) is 14.8. The largest absolute Gasteiger partial charge is 0.443 e. The second-order valence-corrected chi connectivity index (χ2v) is 9.43. The van der Waals surface area contributed by atoms with E-state index in [0.717, 1.165) is 0 Å². The topological polar surface area (TPSA) is 149 Å². The van der Waals surface area contributed by atoms with Crippen LogP contribution in [0.4, 0.5) is 15.4 Å². The first kappa shape index (κ1) is 23.8. The van der Waals surface area contributed by atoms with Gasteiger partial charge in [-0.2, -0.15) is 4.90 Å². The maximum absolute atomic E-state index is 12.9. The van der Waals surface area contributed by atoms with E-state index in [1.165, 1.54) is 12.7 Å². The molecule has 1 fully saturated rings. The molecule has 3 rings (SSSR count). The number of aliphatic hydroxyl groups excluding tert-OH is 2. The molecule has 1 aliphatic rings. The van der Waals surface area contributed by atoms with Crippen LogP contribution < -0.4 is 4.90 Å². The first-order valence-electron chi connectivity index (χ1n) is 10.2. The minimum absolute atomic E-state index is 0.116. The number of rotatable bonds is 3. The van der Waals surface area contributed by atoms with Gasteiger partial charge in [-0.15, -0.1) is 0 Å². The number of anilines is 1. The quantitative estimate of drug-likeness (QED) is 0.710. The Morgan fingerprint density at radius 3 is 2.22 bits per heavy atom. The maximum atomic E-state index is 12.9. The molecule has 176 valence electrons. The highest BCUT2D eigenvalue weighted by Crippen LogP contribution is 2.33. The fourth-order valence-corrected chi connectivity index (χ4v) is 3.13. The summed E-state index contributed by atoms with van der Waals surface area (Å²) in [5, 5.41) is 19.4. The third kappa shape index (κ3) is 5.14. The molecule has 2 aromatic heterocycles. The molecule has 32 heavy (non-hydrogen) atoms. The van der Waals surface area contributed by atoms with Crippen molar-refractivity contribution in [3.63, 3.8) is 0 Å². The number of imidazole rings is 1. The fraction of sp³-hybridized carbons (Fsp3) is 0.650. The van der Waals surface area contributed by atoms with Crippen molar-refractivity contribution in [2.75, 3.05) is 11.5 Å². The molecule has 12 nitrogen and oxygen atoms in total. The molecule has 1 aliphatic heterocycles. The van der Waals surface area contributed by atoms with Gasteiger partial charge in [0.05, 0.1) is 19.0 Å². The van der Waals surface area contributed by atoms with Gasteiger partial charge in [0.25, 0.3) is 0 Å². The van der Waals surface area contributed by atoms with Crippen molar-refractivity contribution in [3.8, 4) is 0 Å². The lowest BCUT2D eigenvalue weighted by atomic mass is 10.2. The van der Waals surface area contributed by atoms with Gasteiger partial charge in [-0.25, -0.2) is 24.5 Å². The van der Waals surface area contributed by atoms with Crippen molar-refractivity contribution in [2.45, 2.75) is 77.6 Å². The summed E-state index contributed by atoms with van der Waals surface area (Å²) in [6.07, 6.45) is -1.41. The number of aromatic nitrogens is 4. The third-order valence-electron chi connectivity index (χ3n) is 4.40. The number of fused-ring (bicyclic) bond motifs is 1. The SMILES string of the molecule is CC(C)(C)OC(=O)N(C(=O)OC(C)(C)C)c1ncnc2c1ncn2[C@H]1CC(O)[C@@H](CO)O1. The van der Waals surface area contributed by atoms with Gasteiger partial charge in [0.15, 0.2) is 17.0 Å². The zero-order valence-corrected chi connectivity index (χ0v) is 19.0. The molecule has 3 atom stereocenters. The average molecular weight is 451 g/mol. The molecule has 3 heterocycles. The van der Waals surface area contributed by atoms with Crippen molar-refractivity contribution in [1.82, 2.24) is 19.5 Å². The van der Waals surface area contributed by atoms with Crippen LogP contribution >= 0.6 is 0 Å². The molecular weight excluding hydrogens is 422 g/mol. The fourth-order valence-electron chi connectivity index (χ4n) is 3.13. The Balaban J connectivity index is 2.04. The van der Waals surface area contributed by atoms with Crippen molar-refractivity contribution >= 4 is 29.2 Å². The van der Waals surface area contributed by atoms with E-state index in [-0.39, 0.29) is 30.0 Å². The van der Waals surface area contributed by atoms with Crippen LogP contribution in [-0.2, 0) is 14.2 Å². The standard InChI is InChI=1S/C20H29N5O7/c1-19(2,3)31-17(28)25(18(29)32-20(4,5)6)16-14-15(21-9-22-16)24(10-23-14)13-7-11(27)12(8-26)30-13/h9-13,26-27H,7-8H2,1-6H3/t11?,12-,13-/m1/s1. The minimum Gasteiger partial charge on any atom is -0.443 e. The average Bonchev–Trinajstić information content (AvgIpc) is 3.22. The number of carbonyl (C=O) groups is 2. The number of aliphatic hydroxyl groups is 2. The van der Waals surface area contributed by atoms with E-state index < -0.39 is 41.8 Å². The monoisotopic (exact) mass is 451 g/mol. The van der Waals surface area contributed by atoms with E-state index in [0.29, 0.717) is 4.90 Å². The number of amides is 2. The van der Waals surface area contributed by atoms with Gasteiger partial charge in [-0.1, -0.05) is 0 Å². The van der Waals surface area contributed by atoms with Crippen molar-refractivity contribution in [2.24, 2.45) is 0 Å². The van der Waals surface area contributed by atoms with Gasteiger partial charge >= 0.3 is 12.2 Å². The summed E-state index contributed by atoms with van der Waals surface area (Å²) < 4.78 is 18.0. The molecule has 0 radical (unpaired) electrons. The third-order valence-corrected chi connectivity index (χ3v) is 4.40. The molecule has 1 unspecified atom stereocenters. The normalized spacial score (nSPS) is 21.6. The maximum Gasteiger partial charge on any atom is 0.425 e. The predicted molar refractivity (Wildman–Crippen MR) is 112 cm³/mol. The van der Waals surface area contributed by atoms with Crippen molar-refractivity contribution in [3.05, 3.63) is 12.7 Å². The number of ether oxygens (including phenoxy) is 3. The summed E-state index contributed by atoms with van der Waals surface area (Å²) in [5.74, 6) is -0.116. The van der Waals surface area contributed by atoms with E-state index in [1.54, 1.807) is 46.1 Å². The lowest BCUT2D eigenvalue weighted by Crippen LogP contribution is -2.44. The second kappa shape index (κ2) is 8.60. The van der Waals surface area contributed by atoms with Crippen LogP contribution in [-0.4, -0.2) is 71.9 Å². The summed E-state index contributed by atoms with van der Waals surface area (Å²) in [4.78, 5) is 39.1. The van der Waals surface area contributed by atoms with Gasteiger partial charge in [0, 0.05) is 6.42 Å². The van der Waals surface area contributed by atoms with Crippen LogP contribution in [0.15, 0.2) is 12.7 Å².